The number of nitrogens with zero attached hydrogens (tertiary/aromatic N) is 2. The van der Waals surface area contributed by atoms with Crippen molar-refractivity contribution in [3.63, 3.8) is 0 Å². The fourth-order valence-corrected chi connectivity index (χ4v) is 2.60. The second kappa shape index (κ2) is 5.77. The summed E-state index contributed by atoms with van der Waals surface area (Å²) in [6.07, 6.45) is 0.510. The number of rotatable bonds is 2. The molecular formula is C16H13ClFN3O. The molecule has 2 N–H and O–H groups in total. The molecule has 1 aliphatic rings. The molecule has 0 aromatic heterocycles. The highest BCUT2D eigenvalue weighted by atomic mass is 35.5. The minimum atomic E-state index is -0.628. The molecule has 3 rings (SSSR count). The monoisotopic (exact) mass is 317 g/mol. The Morgan fingerprint density at radius 3 is 2.41 bits per heavy atom. The smallest absolute Gasteiger partial charge is 0.335 e. The number of hydrogen-bond acceptors (Lipinski definition) is 2. The zero-order valence-corrected chi connectivity index (χ0v) is 12.3. The van der Waals surface area contributed by atoms with Crippen molar-refractivity contribution in [3.8, 4) is 0 Å². The van der Waals surface area contributed by atoms with Gasteiger partial charge in [0.25, 0.3) is 0 Å². The first-order chi connectivity index (χ1) is 10.5. The predicted octanol–water partition coefficient (Wildman–Crippen LogP) is 3.71. The normalized spacial score (nSPS) is 17.5. The van der Waals surface area contributed by atoms with Crippen LogP contribution in [0.3, 0.4) is 0 Å². The standard InChI is InChI=1S/C16H13ClFN3O/c17-12-5-1-11(2-6-12)15-9-14(20-21(15)16(19)22)10-3-7-13(18)8-4-10/h1-8,15H,9H2,(H2,19,22)/t15-/m0/s1. The van der Waals surface area contributed by atoms with E-state index in [9.17, 15) is 9.18 Å². The molecule has 0 spiro atoms. The Labute approximate surface area is 132 Å². The van der Waals surface area contributed by atoms with E-state index in [0.717, 1.165) is 11.1 Å². The topological polar surface area (TPSA) is 58.7 Å². The lowest BCUT2D eigenvalue weighted by atomic mass is 9.98. The number of urea groups is 1. The summed E-state index contributed by atoms with van der Waals surface area (Å²) in [7, 11) is 0. The van der Waals surface area contributed by atoms with Crippen LogP contribution in [0.1, 0.15) is 23.6 Å². The van der Waals surface area contributed by atoms with Crippen LogP contribution in [0.15, 0.2) is 53.6 Å². The Balaban J connectivity index is 1.92. The highest BCUT2D eigenvalue weighted by Gasteiger charge is 2.31. The zero-order valence-electron chi connectivity index (χ0n) is 11.5. The number of amides is 2. The molecule has 2 aromatic carbocycles. The van der Waals surface area contributed by atoms with Crippen molar-refractivity contribution in [2.24, 2.45) is 10.8 Å². The maximum Gasteiger partial charge on any atom is 0.335 e. The molecule has 0 unspecified atom stereocenters. The number of primary amides is 1. The molecule has 0 fully saturated rings. The largest absolute Gasteiger partial charge is 0.350 e. The van der Waals surface area contributed by atoms with Gasteiger partial charge in [0.05, 0.1) is 11.8 Å². The number of nitrogens with two attached hydrogens (primary N) is 1. The number of carbonyl (C=O) groups excluding carboxylic acids is 1. The fraction of sp³-hybridized carbons (Fsp3) is 0.125. The zero-order chi connectivity index (χ0) is 15.7. The van der Waals surface area contributed by atoms with Gasteiger partial charge in [-0.3, -0.25) is 0 Å². The number of hydrazone groups is 1. The molecule has 2 aromatic rings. The van der Waals surface area contributed by atoms with Crippen LogP contribution >= 0.6 is 11.6 Å². The molecule has 6 heteroatoms. The molecule has 0 radical (unpaired) electrons. The van der Waals surface area contributed by atoms with Crippen LogP contribution in [0.2, 0.25) is 5.02 Å². The van der Waals surface area contributed by atoms with Crippen LogP contribution in [0, 0.1) is 5.82 Å². The first-order valence-corrected chi connectivity index (χ1v) is 7.10. The summed E-state index contributed by atoms with van der Waals surface area (Å²) in [6.45, 7) is 0. The van der Waals surface area contributed by atoms with Gasteiger partial charge in [-0.15, -0.1) is 0 Å². The quantitative estimate of drug-likeness (QED) is 0.902. The first kappa shape index (κ1) is 14.5. The van der Waals surface area contributed by atoms with Crippen molar-refractivity contribution in [3.05, 3.63) is 70.5 Å². The van der Waals surface area contributed by atoms with Crippen molar-refractivity contribution >= 4 is 23.3 Å². The molecule has 0 bridgehead atoms. The lowest BCUT2D eigenvalue weighted by molar-refractivity contribution is 0.196. The van der Waals surface area contributed by atoms with Crippen molar-refractivity contribution < 1.29 is 9.18 Å². The molecule has 0 saturated carbocycles. The lowest BCUT2D eigenvalue weighted by Gasteiger charge is -2.19. The summed E-state index contributed by atoms with van der Waals surface area (Å²) in [6, 6.07) is 12.3. The maximum atomic E-state index is 13.0. The summed E-state index contributed by atoms with van der Waals surface area (Å²) in [4.78, 5) is 11.6. The first-order valence-electron chi connectivity index (χ1n) is 6.72. The number of hydrogen-bond donors (Lipinski definition) is 1. The van der Waals surface area contributed by atoms with Crippen molar-refractivity contribution in [2.45, 2.75) is 12.5 Å². The summed E-state index contributed by atoms with van der Waals surface area (Å²) in [5, 5.41) is 6.16. The summed E-state index contributed by atoms with van der Waals surface area (Å²) >= 11 is 5.89. The Morgan fingerprint density at radius 1 is 1.18 bits per heavy atom. The van der Waals surface area contributed by atoms with E-state index in [1.54, 1.807) is 24.3 Å². The molecule has 2 amide bonds. The third kappa shape index (κ3) is 2.80. The Hall–Kier alpha value is -2.40. The van der Waals surface area contributed by atoms with Gasteiger partial charge in [-0.2, -0.15) is 5.10 Å². The average molecular weight is 318 g/mol. The van der Waals surface area contributed by atoms with Gasteiger partial charge in [0.2, 0.25) is 0 Å². The van der Waals surface area contributed by atoms with E-state index >= 15 is 0 Å². The molecule has 22 heavy (non-hydrogen) atoms. The SMILES string of the molecule is NC(=O)N1N=C(c2ccc(F)cc2)C[C@H]1c1ccc(Cl)cc1. The maximum absolute atomic E-state index is 13.0. The molecule has 1 atom stereocenters. The second-order valence-electron chi connectivity index (χ2n) is 5.01. The van der Waals surface area contributed by atoms with Crippen LogP contribution in [-0.4, -0.2) is 16.8 Å². The van der Waals surface area contributed by atoms with Gasteiger partial charge in [-0.05, 0) is 35.4 Å². The van der Waals surface area contributed by atoms with Gasteiger partial charge < -0.3 is 5.73 Å². The van der Waals surface area contributed by atoms with Gasteiger partial charge >= 0.3 is 6.03 Å². The molecule has 0 saturated heterocycles. The van der Waals surface area contributed by atoms with E-state index in [-0.39, 0.29) is 11.9 Å². The molecule has 4 nitrogen and oxygen atoms in total. The molecular weight excluding hydrogens is 305 g/mol. The minimum absolute atomic E-state index is 0.283. The molecule has 0 aliphatic carbocycles. The van der Waals surface area contributed by atoms with E-state index in [1.165, 1.54) is 17.1 Å². The summed E-state index contributed by atoms with van der Waals surface area (Å²) in [5.41, 5.74) is 7.77. The van der Waals surface area contributed by atoms with E-state index in [0.29, 0.717) is 17.2 Å². The number of halogens is 2. The predicted molar refractivity (Wildman–Crippen MR) is 83.2 cm³/mol. The Kier molecular flexibility index (Phi) is 3.81. The third-order valence-corrected chi connectivity index (χ3v) is 3.82. The Morgan fingerprint density at radius 2 is 1.82 bits per heavy atom. The van der Waals surface area contributed by atoms with E-state index in [4.69, 9.17) is 17.3 Å². The molecule has 112 valence electrons. The third-order valence-electron chi connectivity index (χ3n) is 3.57. The van der Waals surface area contributed by atoms with Crippen molar-refractivity contribution in [1.29, 1.82) is 0 Å². The number of benzene rings is 2. The van der Waals surface area contributed by atoms with Gasteiger partial charge in [0.15, 0.2) is 0 Å². The van der Waals surface area contributed by atoms with E-state index in [2.05, 4.69) is 5.10 Å². The van der Waals surface area contributed by atoms with Gasteiger partial charge in [0.1, 0.15) is 5.82 Å². The summed E-state index contributed by atoms with van der Waals surface area (Å²) < 4.78 is 13.0. The average Bonchev–Trinajstić information content (AvgIpc) is 2.94. The van der Waals surface area contributed by atoms with Gasteiger partial charge in [-0.1, -0.05) is 35.9 Å². The summed E-state index contributed by atoms with van der Waals surface area (Å²) in [5.74, 6) is -0.316. The van der Waals surface area contributed by atoms with Crippen LogP contribution in [0.4, 0.5) is 9.18 Å². The van der Waals surface area contributed by atoms with Crippen LogP contribution in [0.25, 0.3) is 0 Å². The second-order valence-corrected chi connectivity index (χ2v) is 5.44. The van der Waals surface area contributed by atoms with E-state index < -0.39 is 6.03 Å². The van der Waals surface area contributed by atoms with Crippen LogP contribution < -0.4 is 5.73 Å². The molecule has 1 heterocycles. The van der Waals surface area contributed by atoms with Gasteiger partial charge in [0, 0.05) is 11.4 Å². The van der Waals surface area contributed by atoms with Crippen molar-refractivity contribution in [1.82, 2.24) is 5.01 Å². The van der Waals surface area contributed by atoms with Crippen LogP contribution in [-0.2, 0) is 0 Å². The fourth-order valence-electron chi connectivity index (χ4n) is 2.47. The highest BCUT2D eigenvalue weighted by molar-refractivity contribution is 6.30. The number of carbonyl (C=O) groups is 1. The van der Waals surface area contributed by atoms with E-state index in [1.807, 2.05) is 12.1 Å². The van der Waals surface area contributed by atoms with Crippen molar-refractivity contribution in [2.75, 3.05) is 0 Å². The Bertz CT molecular complexity index is 728. The highest BCUT2D eigenvalue weighted by Crippen LogP contribution is 2.32. The molecule has 1 aliphatic heterocycles. The van der Waals surface area contributed by atoms with Gasteiger partial charge in [-0.25, -0.2) is 14.2 Å². The lowest BCUT2D eigenvalue weighted by Crippen LogP contribution is -2.31. The van der Waals surface area contributed by atoms with Crippen LogP contribution in [0.5, 0.6) is 0 Å². The minimum Gasteiger partial charge on any atom is -0.350 e.